The van der Waals surface area contributed by atoms with E-state index in [0.29, 0.717) is 5.92 Å². The predicted molar refractivity (Wildman–Crippen MR) is 164 cm³/mol. The normalized spacial score (nSPS) is 11.8. The molecule has 0 amide bonds. The zero-order chi connectivity index (χ0) is 27.8. The molecule has 0 fully saturated rings. The van der Waals surface area contributed by atoms with Crippen molar-refractivity contribution >= 4 is 48.8 Å². The van der Waals surface area contributed by atoms with Gasteiger partial charge >= 0.3 is 0 Å². The summed E-state index contributed by atoms with van der Waals surface area (Å²) in [6.45, 7) is 14.7. The van der Waals surface area contributed by atoms with Crippen molar-refractivity contribution in [1.82, 2.24) is 9.97 Å². The molecular weight excluding hydrogens is 701 g/mol. The van der Waals surface area contributed by atoms with Crippen LogP contribution in [0.1, 0.15) is 78.4 Å². The molecule has 3 aromatic heterocycles. The molecule has 0 aliphatic rings. The van der Waals surface area contributed by atoms with Gasteiger partial charge in [0.1, 0.15) is 6.33 Å². The summed E-state index contributed by atoms with van der Waals surface area (Å²) in [5.41, 5.74) is 4.67. The van der Waals surface area contributed by atoms with Crippen LogP contribution in [0.2, 0.25) is 0 Å². The Kier molecular flexibility index (Phi) is 13.4. The molecule has 0 saturated heterocycles. The van der Waals surface area contributed by atoms with Gasteiger partial charge in [-0.15, -0.1) is 16.7 Å². The van der Waals surface area contributed by atoms with Gasteiger partial charge in [0.05, 0.1) is 11.3 Å². The van der Waals surface area contributed by atoms with Crippen molar-refractivity contribution in [3.63, 3.8) is 0 Å². The van der Waals surface area contributed by atoms with E-state index in [1.165, 1.54) is 32.0 Å². The van der Waals surface area contributed by atoms with Gasteiger partial charge in [0.25, 0.3) is 0 Å². The summed E-state index contributed by atoms with van der Waals surface area (Å²) in [4.78, 5) is 21.9. The number of aromatic nitrogens is 2. The Morgan fingerprint density at radius 2 is 1.69 bits per heavy atom. The van der Waals surface area contributed by atoms with Gasteiger partial charge in [-0.25, -0.2) is 16.3 Å². The third-order valence-electron chi connectivity index (χ3n) is 6.95. The number of nitrogens with zero attached hydrogens (tertiary/aromatic N) is 2. The Morgan fingerprint density at radius 3 is 2.26 bits per heavy atom. The van der Waals surface area contributed by atoms with Crippen LogP contribution >= 0.6 is 22.7 Å². The molecule has 4 aromatic rings. The number of carbonyl (C=O) groups is 1. The number of fused-ring (bicyclic) bond motifs is 3. The first-order valence-electron chi connectivity index (χ1n) is 13.8. The Balaban J connectivity index is 0.000000294. The van der Waals surface area contributed by atoms with Crippen molar-refractivity contribution in [2.24, 2.45) is 17.8 Å². The second-order valence-corrected chi connectivity index (χ2v) is 12.2. The molecule has 213 valence electrons. The molecular formula is C32H41IrN2O2S2-. The van der Waals surface area contributed by atoms with E-state index in [1.807, 2.05) is 39.0 Å². The third kappa shape index (κ3) is 8.29. The number of thiophene rings is 2. The van der Waals surface area contributed by atoms with Crippen LogP contribution in [0.5, 0.6) is 0 Å². The van der Waals surface area contributed by atoms with Gasteiger partial charge in [-0.2, -0.15) is 11.6 Å². The van der Waals surface area contributed by atoms with E-state index < -0.39 is 0 Å². The summed E-state index contributed by atoms with van der Waals surface area (Å²) in [7, 11) is 0. The number of aryl methyl sites for hydroxylation is 1. The van der Waals surface area contributed by atoms with Crippen LogP contribution in [0.15, 0.2) is 41.7 Å². The first-order chi connectivity index (χ1) is 18.2. The van der Waals surface area contributed by atoms with Crippen LogP contribution in [0.3, 0.4) is 0 Å². The van der Waals surface area contributed by atoms with Crippen molar-refractivity contribution < 1.29 is 30.0 Å². The minimum atomic E-state index is 0. The Labute approximate surface area is 255 Å². The molecule has 0 spiro atoms. The number of aliphatic hydroxyl groups is 1. The zero-order valence-electron chi connectivity index (χ0n) is 24.1. The first-order valence-corrected chi connectivity index (χ1v) is 15.5. The monoisotopic (exact) mass is 742 g/mol. The maximum Gasteiger partial charge on any atom is 0.162 e. The van der Waals surface area contributed by atoms with Crippen LogP contribution in [0.4, 0.5) is 0 Å². The van der Waals surface area contributed by atoms with Crippen molar-refractivity contribution in [2.75, 3.05) is 0 Å². The second-order valence-electron chi connectivity index (χ2n) is 10.3. The van der Waals surface area contributed by atoms with E-state index in [1.54, 1.807) is 17.7 Å². The molecule has 0 saturated carbocycles. The molecule has 0 aliphatic carbocycles. The van der Waals surface area contributed by atoms with Crippen molar-refractivity contribution in [3.05, 3.63) is 58.9 Å². The number of allylic oxidation sites excluding steroid dienone is 2. The zero-order valence-corrected chi connectivity index (χ0v) is 28.2. The van der Waals surface area contributed by atoms with Gasteiger partial charge in [0, 0.05) is 58.5 Å². The predicted octanol–water partition coefficient (Wildman–Crippen LogP) is 9.75. The quantitative estimate of drug-likeness (QED) is 0.0999. The minimum absolute atomic E-state index is 0. The third-order valence-corrected chi connectivity index (χ3v) is 9.23. The summed E-state index contributed by atoms with van der Waals surface area (Å²) in [5, 5.41) is 13.1. The van der Waals surface area contributed by atoms with Crippen molar-refractivity contribution in [3.8, 4) is 10.6 Å². The summed E-state index contributed by atoms with van der Waals surface area (Å²) < 4.78 is 2.53. The molecule has 3 heterocycles. The molecule has 4 rings (SSSR count). The SMILES string of the molecule is CCC(CC)C(=O)/C=C(\O)C(CC)CC.Cc1[c-]c(-c2ncnc3c2sc2c(CC(C)C)cccc23)sc1.[Ir]. The molecule has 1 radical (unpaired) electrons. The summed E-state index contributed by atoms with van der Waals surface area (Å²) in [5.74, 6) is 1.19. The summed E-state index contributed by atoms with van der Waals surface area (Å²) in [6.07, 6.45) is 7.68. The standard InChI is InChI=1S/C19H17N2S2.C13H24O2.Ir/c1-11(2)7-13-5-4-6-14-16-19(23-18(13)14)17(21-10-20-16)15-8-12(3)9-22-15;1-5-10(6-2)12(14)9-13(15)11(7-3)8-4;/h4-6,9-11H,7H2,1-3H3;9-11,14H,5-8H2,1-4H3;/q-1;;/b;12-9-;. The number of hydrogen-bond donors (Lipinski definition) is 1. The molecule has 0 unspecified atom stereocenters. The van der Waals surface area contributed by atoms with E-state index in [9.17, 15) is 9.90 Å². The first kappa shape index (κ1) is 33.3. The fourth-order valence-electron chi connectivity index (χ4n) is 4.70. The van der Waals surface area contributed by atoms with E-state index in [-0.39, 0.29) is 43.5 Å². The van der Waals surface area contributed by atoms with E-state index in [4.69, 9.17) is 0 Å². The number of carbonyl (C=O) groups excluding carboxylic acids is 1. The summed E-state index contributed by atoms with van der Waals surface area (Å²) in [6, 6.07) is 9.98. The van der Waals surface area contributed by atoms with Gasteiger partial charge in [0.15, 0.2) is 5.78 Å². The number of benzene rings is 1. The number of aliphatic hydroxyl groups excluding tert-OH is 1. The second kappa shape index (κ2) is 15.8. The number of ketones is 1. The average Bonchev–Trinajstić information content (AvgIpc) is 3.50. The Morgan fingerprint density at radius 1 is 1.03 bits per heavy atom. The molecule has 0 bridgehead atoms. The summed E-state index contributed by atoms with van der Waals surface area (Å²) >= 11 is 3.53. The van der Waals surface area contributed by atoms with Crippen LogP contribution in [0, 0.1) is 30.7 Å². The van der Waals surface area contributed by atoms with E-state index >= 15 is 0 Å². The maximum atomic E-state index is 11.7. The van der Waals surface area contributed by atoms with Crippen LogP contribution < -0.4 is 0 Å². The molecule has 4 nitrogen and oxygen atoms in total. The number of rotatable bonds is 10. The molecule has 1 N–H and O–H groups in total. The van der Waals surface area contributed by atoms with E-state index in [0.717, 1.165) is 48.2 Å². The topological polar surface area (TPSA) is 63.1 Å². The average molecular weight is 742 g/mol. The fraction of sp³-hybridized carbons (Fsp3) is 0.469. The smallest absolute Gasteiger partial charge is 0.162 e. The van der Waals surface area contributed by atoms with Gasteiger partial charge in [-0.3, -0.25) is 9.78 Å². The molecule has 0 atom stereocenters. The van der Waals surface area contributed by atoms with Gasteiger partial charge in [-0.1, -0.05) is 71.5 Å². The molecule has 1 aromatic carbocycles. The molecule has 0 aliphatic heterocycles. The molecule has 39 heavy (non-hydrogen) atoms. The van der Waals surface area contributed by atoms with Crippen LogP contribution in [-0.2, 0) is 31.3 Å². The van der Waals surface area contributed by atoms with Crippen molar-refractivity contribution in [1.29, 1.82) is 0 Å². The van der Waals surface area contributed by atoms with Crippen LogP contribution in [0.25, 0.3) is 30.9 Å². The van der Waals surface area contributed by atoms with Gasteiger partial charge in [-0.05, 0) is 43.6 Å². The Bertz CT molecular complexity index is 1380. The molecule has 7 heteroatoms. The minimum Gasteiger partial charge on any atom is -0.512 e. The van der Waals surface area contributed by atoms with Gasteiger partial charge in [0.2, 0.25) is 0 Å². The largest absolute Gasteiger partial charge is 0.512 e. The van der Waals surface area contributed by atoms with Gasteiger partial charge < -0.3 is 5.11 Å². The Hall–Kier alpha value is -1.92. The van der Waals surface area contributed by atoms with E-state index in [2.05, 4.69) is 60.4 Å². The number of hydrogen-bond acceptors (Lipinski definition) is 6. The fourth-order valence-corrected chi connectivity index (χ4v) is 6.87. The maximum absolute atomic E-state index is 11.7. The van der Waals surface area contributed by atoms with Crippen molar-refractivity contribution in [2.45, 2.75) is 80.6 Å². The van der Waals surface area contributed by atoms with Crippen LogP contribution in [-0.4, -0.2) is 20.9 Å².